The van der Waals surface area contributed by atoms with E-state index >= 15 is 0 Å². The first kappa shape index (κ1) is 21.4. The van der Waals surface area contributed by atoms with Crippen molar-refractivity contribution >= 4 is 23.2 Å². The van der Waals surface area contributed by atoms with E-state index in [1.54, 1.807) is 67.7 Å². The molecule has 1 aliphatic heterocycles. The molecule has 0 aliphatic carbocycles. The molecule has 0 aromatic heterocycles. The van der Waals surface area contributed by atoms with Crippen molar-refractivity contribution in [3.8, 4) is 11.5 Å². The smallest absolute Gasteiger partial charge is 0.230 e. The molecule has 1 heterocycles. The van der Waals surface area contributed by atoms with Crippen molar-refractivity contribution in [1.82, 2.24) is 0 Å². The van der Waals surface area contributed by atoms with Crippen molar-refractivity contribution in [1.29, 1.82) is 0 Å². The SMILES string of the molecule is COc1ccc([C@@H]2[C@@H](C(=O)Nc3ccccc3F)CC(=O)N2c2ccc(OC)cc2)cc1. The van der Waals surface area contributed by atoms with Crippen LogP contribution in [0.15, 0.2) is 72.8 Å². The molecule has 6 nitrogen and oxygen atoms in total. The van der Waals surface area contributed by atoms with E-state index in [4.69, 9.17) is 9.47 Å². The van der Waals surface area contributed by atoms with Gasteiger partial charge in [-0.3, -0.25) is 9.59 Å². The van der Waals surface area contributed by atoms with Crippen LogP contribution in [-0.2, 0) is 9.59 Å². The van der Waals surface area contributed by atoms with E-state index < -0.39 is 23.7 Å². The third-order valence-electron chi connectivity index (χ3n) is 5.60. The molecule has 3 aromatic carbocycles. The molecule has 0 spiro atoms. The molecule has 164 valence electrons. The zero-order valence-corrected chi connectivity index (χ0v) is 17.7. The minimum Gasteiger partial charge on any atom is -0.497 e. The zero-order valence-electron chi connectivity index (χ0n) is 17.7. The lowest BCUT2D eigenvalue weighted by molar-refractivity contribution is -0.122. The Balaban J connectivity index is 1.71. The molecule has 0 saturated carbocycles. The molecule has 2 amide bonds. The van der Waals surface area contributed by atoms with Crippen LogP contribution in [0.5, 0.6) is 11.5 Å². The van der Waals surface area contributed by atoms with Gasteiger partial charge in [-0.15, -0.1) is 0 Å². The summed E-state index contributed by atoms with van der Waals surface area (Å²) in [5.41, 5.74) is 1.51. The predicted molar refractivity (Wildman–Crippen MR) is 119 cm³/mol. The highest BCUT2D eigenvalue weighted by molar-refractivity contribution is 6.04. The average molecular weight is 434 g/mol. The molecule has 4 rings (SSSR count). The maximum atomic E-state index is 14.1. The quantitative estimate of drug-likeness (QED) is 0.617. The van der Waals surface area contributed by atoms with E-state index in [9.17, 15) is 14.0 Å². The summed E-state index contributed by atoms with van der Waals surface area (Å²) in [6, 6.07) is 19.7. The minimum atomic E-state index is -0.711. The number of methoxy groups -OCH3 is 2. The van der Waals surface area contributed by atoms with Crippen molar-refractivity contribution in [2.24, 2.45) is 5.92 Å². The summed E-state index contributed by atoms with van der Waals surface area (Å²) in [5, 5.41) is 2.65. The van der Waals surface area contributed by atoms with Gasteiger partial charge in [0.05, 0.1) is 31.9 Å². The molecule has 32 heavy (non-hydrogen) atoms. The second-order valence-corrected chi connectivity index (χ2v) is 7.46. The molecule has 1 fully saturated rings. The number of amides is 2. The summed E-state index contributed by atoms with van der Waals surface area (Å²) in [6.07, 6.45) is 0.00299. The van der Waals surface area contributed by atoms with E-state index in [-0.39, 0.29) is 18.0 Å². The number of ether oxygens (including phenoxy) is 2. The van der Waals surface area contributed by atoms with Crippen molar-refractivity contribution in [3.05, 3.63) is 84.2 Å². The zero-order chi connectivity index (χ0) is 22.7. The number of anilines is 2. The van der Waals surface area contributed by atoms with Crippen molar-refractivity contribution < 1.29 is 23.5 Å². The predicted octanol–water partition coefficient (Wildman–Crippen LogP) is 4.58. The molecule has 7 heteroatoms. The highest BCUT2D eigenvalue weighted by atomic mass is 19.1. The van der Waals surface area contributed by atoms with E-state index in [1.807, 2.05) is 12.1 Å². The number of nitrogens with one attached hydrogen (secondary N) is 1. The van der Waals surface area contributed by atoms with Gasteiger partial charge in [0.15, 0.2) is 0 Å². The van der Waals surface area contributed by atoms with Gasteiger partial charge >= 0.3 is 0 Å². The summed E-state index contributed by atoms with van der Waals surface area (Å²) in [6.45, 7) is 0. The minimum absolute atomic E-state index is 0.00299. The number of hydrogen-bond donors (Lipinski definition) is 1. The Morgan fingerprint density at radius 2 is 1.53 bits per heavy atom. The lowest BCUT2D eigenvalue weighted by Crippen LogP contribution is -2.32. The van der Waals surface area contributed by atoms with Crippen LogP contribution in [0, 0.1) is 11.7 Å². The highest BCUT2D eigenvalue weighted by Gasteiger charge is 2.45. The number of carbonyl (C=O) groups excluding carboxylic acids is 2. The molecule has 1 saturated heterocycles. The number of carbonyl (C=O) groups is 2. The van der Waals surface area contributed by atoms with E-state index in [0.717, 1.165) is 5.56 Å². The fourth-order valence-electron chi connectivity index (χ4n) is 3.99. The Morgan fingerprint density at radius 3 is 2.12 bits per heavy atom. The van der Waals surface area contributed by atoms with Gasteiger partial charge in [-0.25, -0.2) is 4.39 Å². The largest absolute Gasteiger partial charge is 0.497 e. The van der Waals surface area contributed by atoms with Crippen molar-refractivity contribution in [2.45, 2.75) is 12.5 Å². The molecular weight excluding hydrogens is 411 g/mol. The Kier molecular flexibility index (Phi) is 6.07. The van der Waals surface area contributed by atoms with Crippen LogP contribution < -0.4 is 19.7 Å². The molecule has 0 radical (unpaired) electrons. The number of benzene rings is 3. The number of hydrogen-bond acceptors (Lipinski definition) is 4. The topological polar surface area (TPSA) is 67.9 Å². The number of nitrogens with zero attached hydrogens (tertiary/aromatic N) is 1. The average Bonchev–Trinajstić information content (AvgIpc) is 3.17. The lowest BCUT2D eigenvalue weighted by atomic mass is 9.92. The fraction of sp³-hybridized carbons (Fsp3) is 0.200. The van der Waals surface area contributed by atoms with E-state index in [2.05, 4.69) is 5.32 Å². The maximum absolute atomic E-state index is 14.1. The Labute approximate surface area is 185 Å². The third kappa shape index (κ3) is 4.14. The van der Waals surface area contributed by atoms with E-state index in [0.29, 0.717) is 17.2 Å². The molecule has 2 atom stereocenters. The first-order valence-electron chi connectivity index (χ1n) is 10.2. The highest BCUT2D eigenvalue weighted by Crippen LogP contribution is 2.42. The molecule has 0 bridgehead atoms. The normalized spacial score (nSPS) is 17.8. The summed E-state index contributed by atoms with van der Waals surface area (Å²) in [4.78, 5) is 27.9. The van der Waals surface area contributed by atoms with Gasteiger partial charge < -0.3 is 19.7 Å². The van der Waals surface area contributed by atoms with Crippen LogP contribution in [0.25, 0.3) is 0 Å². The van der Waals surface area contributed by atoms with Gasteiger partial charge in [-0.05, 0) is 54.1 Å². The van der Waals surface area contributed by atoms with Crippen molar-refractivity contribution in [3.63, 3.8) is 0 Å². The lowest BCUT2D eigenvalue weighted by Gasteiger charge is -2.28. The van der Waals surface area contributed by atoms with Crippen LogP contribution in [0.4, 0.5) is 15.8 Å². The second kappa shape index (κ2) is 9.09. The standard InChI is InChI=1S/C25H23FN2O4/c1-31-18-11-7-16(8-12-18)24-20(25(30)27-22-6-4-3-5-21(22)26)15-23(29)28(24)17-9-13-19(32-2)14-10-17/h3-14,20,24H,15H2,1-2H3,(H,27,30)/t20-,24+/m0/s1. The van der Waals surface area contributed by atoms with Crippen LogP contribution in [0.2, 0.25) is 0 Å². The molecular formula is C25H23FN2O4. The van der Waals surface area contributed by atoms with Gasteiger partial charge in [0.25, 0.3) is 0 Å². The van der Waals surface area contributed by atoms with Gasteiger partial charge in [0.1, 0.15) is 17.3 Å². The van der Waals surface area contributed by atoms with Gasteiger partial charge in [0.2, 0.25) is 11.8 Å². The van der Waals surface area contributed by atoms with E-state index in [1.165, 1.54) is 12.1 Å². The summed E-state index contributed by atoms with van der Waals surface area (Å²) < 4.78 is 24.6. The maximum Gasteiger partial charge on any atom is 0.230 e. The Bertz CT molecular complexity index is 1120. The van der Waals surface area contributed by atoms with Gasteiger partial charge in [0, 0.05) is 12.1 Å². The third-order valence-corrected chi connectivity index (χ3v) is 5.60. The first-order valence-corrected chi connectivity index (χ1v) is 10.2. The van der Waals surface area contributed by atoms with Crippen molar-refractivity contribution in [2.75, 3.05) is 24.4 Å². The second-order valence-electron chi connectivity index (χ2n) is 7.46. The van der Waals surface area contributed by atoms with Crippen LogP contribution in [0.3, 0.4) is 0 Å². The molecule has 0 unspecified atom stereocenters. The van der Waals surface area contributed by atoms with Crippen LogP contribution >= 0.6 is 0 Å². The van der Waals surface area contributed by atoms with Gasteiger partial charge in [-0.2, -0.15) is 0 Å². The molecule has 1 N–H and O–H groups in total. The summed E-state index contributed by atoms with van der Waals surface area (Å²) in [5.74, 6) is -0.516. The Hall–Kier alpha value is -3.87. The summed E-state index contributed by atoms with van der Waals surface area (Å²) in [7, 11) is 3.14. The summed E-state index contributed by atoms with van der Waals surface area (Å²) >= 11 is 0. The van der Waals surface area contributed by atoms with Gasteiger partial charge in [-0.1, -0.05) is 24.3 Å². The first-order chi connectivity index (χ1) is 15.5. The van der Waals surface area contributed by atoms with Crippen LogP contribution in [-0.4, -0.2) is 26.0 Å². The molecule has 1 aliphatic rings. The molecule has 3 aromatic rings. The fourth-order valence-corrected chi connectivity index (χ4v) is 3.99. The number of rotatable bonds is 6. The Morgan fingerprint density at radius 1 is 0.938 bits per heavy atom. The van der Waals surface area contributed by atoms with Crippen LogP contribution in [0.1, 0.15) is 18.0 Å². The number of para-hydroxylation sites is 1. The monoisotopic (exact) mass is 434 g/mol. The number of halogens is 1.